The third-order valence-electron chi connectivity index (χ3n) is 7.10. The Morgan fingerprint density at radius 3 is 2.19 bits per heavy atom. The smallest absolute Gasteiger partial charge is 0.277 e. The topological polar surface area (TPSA) is 44.2 Å². The molecule has 0 bridgehead atoms. The minimum atomic E-state index is -3.28. The van der Waals surface area contributed by atoms with Gasteiger partial charge in [0.25, 0.3) is 5.92 Å². The molecule has 0 aliphatic heterocycles. The van der Waals surface area contributed by atoms with E-state index in [-0.39, 0.29) is 17.9 Å². The van der Waals surface area contributed by atoms with Crippen molar-refractivity contribution in [1.82, 2.24) is 9.97 Å². The van der Waals surface area contributed by atoms with Crippen molar-refractivity contribution in [2.24, 2.45) is 0 Å². The molecule has 0 radical (unpaired) electrons. The summed E-state index contributed by atoms with van der Waals surface area (Å²) in [6.07, 6.45) is 14.7. The zero-order chi connectivity index (χ0) is 26.5. The second-order valence-corrected chi connectivity index (χ2v) is 10.1. The molecule has 0 saturated heterocycles. The lowest BCUT2D eigenvalue weighted by molar-refractivity contribution is -0.0283. The van der Waals surface area contributed by atoms with E-state index in [1.807, 2.05) is 6.07 Å². The van der Waals surface area contributed by atoms with Gasteiger partial charge >= 0.3 is 0 Å². The number of hydrogen-bond donors (Lipinski definition) is 0. The van der Waals surface area contributed by atoms with Crippen molar-refractivity contribution in [3.63, 3.8) is 0 Å². The van der Waals surface area contributed by atoms with E-state index in [0.29, 0.717) is 24.7 Å². The van der Waals surface area contributed by atoms with Gasteiger partial charge in [0.1, 0.15) is 5.75 Å². The predicted molar refractivity (Wildman–Crippen MR) is 141 cm³/mol. The maximum Gasteiger partial charge on any atom is 0.277 e. The van der Waals surface area contributed by atoms with E-state index < -0.39 is 29.8 Å². The number of nitrogens with zero attached hydrogens (tertiary/aromatic N) is 2. The minimum absolute atomic E-state index is 0.0537. The van der Waals surface area contributed by atoms with Crippen LogP contribution in [0.15, 0.2) is 24.4 Å². The number of fused-ring (bicyclic) bond motifs is 1. The minimum Gasteiger partial charge on any atom is -0.492 e. The molecule has 206 valence electrons. The van der Waals surface area contributed by atoms with Crippen LogP contribution in [0.25, 0.3) is 0 Å². The lowest BCUT2D eigenvalue weighted by Gasteiger charge is -2.32. The van der Waals surface area contributed by atoms with E-state index in [9.17, 15) is 13.2 Å². The number of rotatable bonds is 17. The molecule has 4 nitrogen and oxygen atoms in total. The molecule has 0 aromatic carbocycles. The third kappa shape index (κ3) is 8.61. The van der Waals surface area contributed by atoms with Crippen LogP contribution in [-0.4, -0.2) is 23.2 Å². The van der Waals surface area contributed by atoms with Gasteiger partial charge in [0.05, 0.1) is 24.5 Å². The van der Waals surface area contributed by atoms with Gasteiger partial charge in [-0.1, -0.05) is 78.1 Å². The summed E-state index contributed by atoms with van der Waals surface area (Å²) in [6.45, 7) is 5.29. The van der Waals surface area contributed by atoms with Crippen LogP contribution >= 0.6 is 0 Å². The van der Waals surface area contributed by atoms with Gasteiger partial charge in [-0.3, -0.25) is 4.98 Å². The van der Waals surface area contributed by atoms with Gasteiger partial charge < -0.3 is 9.47 Å². The van der Waals surface area contributed by atoms with Crippen molar-refractivity contribution >= 4 is 0 Å². The quantitative estimate of drug-likeness (QED) is 0.154. The zero-order valence-corrected chi connectivity index (χ0v) is 22.5. The first kappa shape index (κ1) is 29.2. The molecule has 0 fully saturated rings. The summed E-state index contributed by atoms with van der Waals surface area (Å²) in [5.41, 5.74) is 0.130. The molecule has 0 spiro atoms. The summed E-state index contributed by atoms with van der Waals surface area (Å²) < 4.78 is 56.4. The number of unbranched alkanes of at least 4 members (excludes halogenated alkanes) is 10. The summed E-state index contributed by atoms with van der Waals surface area (Å²) in [7, 11) is 0. The second kappa shape index (κ2) is 15.2. The number of pyridine rings is 2. The number of ether oxygens (including phenoxy) is 2. The highest BCUT2D eigenvalue weighted by molar-refractivity contribution is 5.45. The summed E-state index contributed by atoms with van der Waals surface area (Å²) >= 11 is 0. The van der Waals surface area contributed by atoms with Gasteiger partial charge in [0, 0.05) is 24.6 Å². The predicted octanol–water partition coefficient (Wildman–Crippen LogP) is 9.11. The van der Waals surface area contributed by atoms with Crippen LogP contribution in [0.3, 0.4) is 0 Å². The molecule has 7 heteroatoms. The molecule has 37 heavy (non-hydrogen) atoms. The summed E-state index contributed by atoms with van der Waals surface area (Å²) in [5, 5.41) is 0. The highest BCUT2D eigenvalue weighted by atomic mass is 19.3. The molecule has 2 aromatic rings. The zero-order valence-electron chi connectivity index (χ0n) is 22.5. The van der Waals surface area contributed by atoms with Crippen LogP contribution in [0, 0.1) is 5.95 Å². The van der Waals surface area contributed by atoms with Crippen LogP contribution in [-0.2, 0) is 5.92 Å². The Labute approximate surface area is 220 Å². The van der Waals surface area contributed by atoms with Crippen molar-refractivity contribution in [3.05, 3.63) is 47.2 Å². The molecule has 0 N–H and O–H groups in total. The number of hydrogen-bond acceptors (Lipinski definition) is 4. The van der Waals surface area contributed by atoms with Gasteiger partial charge in [-0.05, 0) is 37.0 Å². The first-order valence-electron chi connectivity index (χ1n) is 14.3. The van der Waals surface area contributed by atoms with Crippen LogP contribution < -0.4 is 9.47 Å². The van der Waals surface area contributed by atoms with Crippen LogP contribution in [0.2, 0.25) is 0 Å². The number of aromatic nitrogens is 2. The van der Waals surface area contributed by atoms with Crippen LogP contribution in [0.4, 0.5) is 13.2 Å². The van der Waals surface area contributed by atoms with Crippen LogP contribution in [0.1, 0.15) is 126 Å². The average Bonchev–Trinajstić information content (AvgIpc) is 2.88. The maximum atomic E-state index is 15.0. The molecule has 0 amide bonds. The fraction of sp³-hybridized carbons (Fsp3) is 0.667. The lowest BCUT2D eigenvalue weighted by atomic mass is 9.79. The highest BCUT2D eigenvalue weighted by Crippen LogP contribution is 2.49. The molecule has 2 heterocycles. The normalized spacial score (nSPS) is 16.4. The first-order chi connectivity index (χ1) is 18.0. The molecule has 1 atom stereocenters. The van der Waals surface area contributed by atoms with Crippen molar-refractivity contribution in [3.8, 4) is 11.6 Å². The first-order valence-corrected chi connectivity index (χ1v) is 14.3. The van der Waals surface area contributed by atoms with E-state index in [1.165, 1.54) is 51.0 Å². The Morgan fingerprint density at radius 2 is 1.51 bits per heavy atom. The van der Waals surface area contributed by atoms with Crippen molar-refractivity contribution in [2.45, 2.75) is 116 Å². The molecule has 3 rings (SSSR count). The largest absolute Gasteiger partial charge is 0.492 e. The number of alkyl halides is 2. The Morgan fingerprint density at radius 1 is 0.892 bits per heavy atom. The SMILES string of the molecule is CCCCCCCCOc1cc2c(c(F)n1)C(F)(F)CCC2c1ncccc1OCCCCCCCC. The van der Waals surface area contributed by atoms with Crippen LogP contribution in [0.5, 0.6) is 11.6 Å². The maximum absolute atomic E-state index is 15.0. The fourth-order valence-corrected chi connectivity index (χ4v) is 5.02. The van der Waals surface area contributed by atoms with Crippen molar-refractivity contribution in [2.75, 3.05) is 13.2 Å². The van der Waals surface area contributed by atoms with E-state index in [0.717, 1.165) is 32.1 Å². The average molecular weight is 521 g/mol. The van der Waals surface area contributed by atoms with Gasteiger partial charge in [-0.25, -0.2) is 8.78 Å². The lowest BCUT2D eigenvalue weighted by Crippen LogP contribution is -2.27. The molecule has 1 aliphatic rings. The Balaban J connectivity index is 1.72. The van der Waals surface area contributed by atoms with E-state index in [1.54, 1.807) is 12.3 Å². The molecule has 0 saturated carbocycles. The van der Waals surface area contributed by atoms with E-state index in [2.05, 4.69) is 23.8 Å². The Bertz CT molecular complexity index is 954. The fourth-order valence-electron chi connectivity index (χ4n) is 5.02. The monoisotopic (exact) mass is 520 g/mol. The summed E-state index contributed by atoms with van der Waals surface area (Å²) in [6, 6.07) is 5.08. The summed E-state index contributed by atoms with van der Waals surface area (Å²) in [4.78, 5) is 8.26. The van der Waals surface area contributed by atoms with Gasteiger partial charge in [0.2, 0.25) is 11.8 Å². The van der Waals surface area contributed by atoms with E-state index in [4.69, 9.17) is 9.47 Å². The number of halogens is 3. The Kier molecular flexibility index (Phi) is 12.0. The van der Waals surface area contributed by atoms with Gasteiger partial charge in [-0.2, -0.15) is 9.37 Å². The summed E-state index contributed by atoms with van der Waals surface area (Å²) in [5.74, 6) is -4.32. The van der Waals surface area contributed by atoms with Crippen molar-refractivity contribution in [1.29, 1.82) is 0 Å². The van der Waals surface area contributed by atoms with Gasteiger partial charge in [0.15, 0.2) is 0 Å². The molecular formula is C30H43F3N2O2. The highest BCUT2D eigenvalue weighted by Gasteiger charge is 2.45. The molecule has 1 unspecified atom stereocenters. The molecule has 2 aromatic heterocycles. The van der Waals surface area contributed by atoms with Gasteiger partial charge in [-0.15, -0.1) is 0 Å². The van der Waals surface area contributed by atoms with E-state index >= 15 is 0 Å². The molecular weight excluding hydrogens is 477 g/mol. The second-order valence-electron chi connectivity index (χ2n) is 10.1. The Hall–Kier alpha value is -2.31. The standard InChI is InChI=1S/C30H43F3N2O2/c1-3-5-7-9-11-13-20-36-25-16-15-19-34-28(25)23-17-18-30(32,33)27-24(23)22-26(35-29(27)31)37-21-14-12-10-8-6-4-2/h15-16,19,22-23H,3-14,17-18,20-21H2,1-2H3. The molecule has 1 aliphatic carbocycles. The third-order valence-corrected chi connectivity index (χ3v) is 7.10. The van der Waals surface area contributed by atoms with Crippen molar-refractivity contribution < 1.29 is 22.6 Å².